The molecular formula is C21H26N2O5. The molecule has 0 heterocycles. The standard InChI is InChI=1S/C21H26N2O5/c1-23(2)20(24)17(12-16-10-11-18(26-3)19(13-16)27-4)22-21(25)28-14-15-8-6-5-7-9-15/h5-11,13,17H,12,14H2,1-4H3,(H,22,25)/t17-/m0/s1. The fourth-order valence-corrected chi connectivity index (χ4v) is 2.66. The van der Waals surface area contributed by atoms with Gasteiger partial charge in [-0.1, -0.05) is 36.4 Å². The maximum atomic E-state index is 12.5. The first kappa shape index (κ1) is 21.1. The van der Waals surface area contributed by atoms with E-state index in [1.165, 1.54) is 4.90 Å². The first-order chi connectivity index (χ1) is 13.4. The van der Waals surface area contributed by atoms with E-state index in [9.17, 15) is 9.59 Å². The van der Waals surface area contributed by atoms with Crippen molar-refractivity contribution in [1.82, 2.24) is 10.2 Å². The zero-order valence-electron chi connectivity index (χ0n) is 16.6. The van der Waals surface area contributed by atoms with Crippen molar-refractivity contribution in [3.8, 4) is 11.5 Å². The molecule has 0 saturated heterocycles. The molecular weight excluding hydrogens is 360 g/mol. The Balaban J connectivity index is 2.07. The summed E-state index contributed by atoms with van der Waals surface area (Å²) in [5.74, 6) is 0.922. The predicted octanol–water partition coefficient (Wildman–Crippen LogP) is 2.63. The van der Waals surface area contributed by atoms with Gasteiger partial charge in [0.15, 0.2) is 11.5 Å². The van der Waals surface area contributed by atoms with Crippen LogP contribution in [0.4, 0.5) is 4.79 Å². The van der Waals surface area contributed by atoms with Crippen molar-refractivity contribution in [2.24, 2.45) is 0 Å². The van der Waals surface area contributed by atoms with Crippen molar-refractivity contribution < 1.29 is 23.8 Å². The van der Waals surface area contributed by atoms with Crippen LogP contribution in [-0.4, -0.2) is 51.3 Å². The Morgan fingerprint density at radius 1 is 0.964 bits per heavy atom. The number of methoxy groups -OCH3 is 2. The molecule has 1 N–H and O–H groups in total. The number of amides is 2. The molecule has 0 saturated carbocycles. The average Bonchev–Trinajstić information content (AvgIpc) is 2.71. The van der Waals surface area contributed by atoms with Gasteiger partial charge >= 0.3 is 6.09 Å². The van der Waals surface area contributed by atoms with Crippen LogP contribution in [0.2, 0.25) is 0 Å². The number of carbonyl (C=O) groups is 2. The predicted molar refractivity (Wildman–Crippen MR) is 105 cm³/mol. The lowest BCUT2D eigenvalue weighted by Gasteiger charge is -2.22. The van der Waals surface area contributed by atoms with Crippen LogP contribution < -0.4 is 14.8 Å². The summed E-state index contributed by atoms with van der Waals surface area (Å²) in [6.07, 6.45) is -0.359. The number of carbonyl (C=O) groups excluding carboxylic acids is 2. The Labute approximate surface area is 165 Å². The largest absolute Gasteiger partial charge is 0.493 e. The number of hydrogen-bond donors (Lipinski definition) is 1. The monoisotopic (exact) mass is 386 g/mol. The van der Waals surface area contributed by atoms with Gasteiger partial charge in [-0.3, -0.25) is 4.79 Å². The number of nitrogens with one attached hydrogen (secondary N) is 1. The number of benzene rings is 2. The summed E-state index contributed by atoms with van der Waals surface area (Å²) < 4.78 is 15.8. The van der Waals surface area contributed by atoms with Crippen LogP contribution in [0.25, 0.3) is 0 Å². The van der Waals surface area contributed by atoms with Gasteiger partial charge in [0, 0.05) is 20.5 Å². The summed E-state index contributed by atoms with van der Waals surface area (Å²) in [6.45, 7) is 0.131. The average molecular weight is 386 g/mol. The van der Waals surface area contributed by atoms with E-state index >= 15 is 0 Å². The van der Waals surface area contributed by atoms with Crippen molar-refractivity contribution in [3.05, 3.63) is 59.7 Å². The molecule has 2 amide bonds. The maximum Gasteiger partial charge on any atom is 0.408 e. The molecule has 0 aromatic heterocycles. The molecule has 0 aliphatic rings. The highest BCUT2D eigenvalue weighted by molar-refractivity contribution is 5.85. The number of nitrogens with zero attached hydrogens (tertiary/aromatic N) is 1. The molecule has 150 valence electrons. The van der Waals surface area contributed by atoms with E-state index in [0.717, 1.165) is 11.1 Å². The molecule has 0 aliphatic carbocycles. The van der Waals surface area contributed by atoms with E-state index < -0.39 is 12.1 Å². The van der Waals surface area contributed by atoms with E-state index in [0.29, 0.717) is 11.5 Å². The zero-order chi connectivity index (χ0) is 20.5. The van der Waals surface area contributed by atoms with E-state index in [1.54, 1.807) is 40.4 Å². The molecule has 0 unspecified atom stereocenters. The first-order valence-corrected chi connectivity index (χ1v) is 8.84. The second kappa shape index (κ2) is 10.2. The third-order valence-corrected chi connectivity index (χ3v) is 4.13. The van der Waals surface area contributed by atoms with Gasteiger partial charge in [0.1, 0.15) is 12.6 Å². The number of rotatable bonds is 8. The van der Waals surface area contributed by atoms with Crippen LogP contribution in [0, 0.1) is 0 Å². The van der Waals surface area contributed by atoms with Crippen molar-refractivity contribution in [2.75, 3.05) is 28.3 Å². The Hall–Kier alpha value is -3.22. The second-order valence-electron chi connectivity index (χ2n) is 6.38. The van der Waals surface area contributed by atoms with Crippen LogP contribution in [0.1, 0.15) is 11.1 Å². The molecule has 2 aromatic carbocycles. The van der Waals surface area contributed by atoms with E-state index in [4.69, 9.17) is 14.2 Å². The summed E-state index contributed by atoms with van der Waals surface area (Å²) >= 11 is 0. The highest BCUT2D eigenvalue weighted by Gasteiger charge is 2.24. The topological polar surface area (TPSA) is 77.1 Å². The van der Waals surface area contributed by atoms with Crippen LogP contribution in [0.15, 0.2) is 48.5 Å². The highest BCUT2D eigenvalue weighted by Crippen LogP contribution is 2.28. The highest BCUT2D eigenvalue weighted by atomic mass is 16.5. The van der Waals surface area contributed by atoms with E-state index in [1.807, 2.05) is 36.4 Å². The minimum absolute atomic E-state index is 0.131. The number of hydrogen-bond acceptors (Lipinski definition) is 5. The maximum absolute atomic E-state index is 12.5. The minimum Gasteiger partial charge on any atom is -0.493 e. The third kappa shape index (κ3) is 5.90. The second-order valence-corrected chi connectivity index (χ2v) is 6.38. The van der Waals surface area contributed by atoms with Gasteiger partial charge in [0.25, 0.3) is 0 Å². The normalized spacial score (nSPS) is 11.3. The van der Waals surface area contributed by atoms with Gasteiger partial charge in [-0.25, -0.2) is 4.79 Å². The van der Waals surface area contributed by atoms with E-state index in [-0.39, 0.29) is 18.9 Å². The summed E-state index contributed by atoms with van der Waals surface area (Å²) in [4.78, 5) is 26.2. The number of likely N-dealkylation sites (N-methyl/N-ethyl adjacent to an activating group) is 1. The molecule has 28 heavy (non-hydrogen) atoms. The lowest BCUT2D eigenvalue weighted by molar-refractivity contribution is -0.130. The van der Waals surface area contributed by atoms with Crippen LogP contribution >= 0.6 is 0 Å². The molecule has 0 bridgehead atoms. The molecule has 0 radical (unpaired) electrons. The summed E-state index contributed by atoms with van der Waals surface area (Å²) in [7, 11) is 6.38. The molecule has 7 heteroatoms. The quantitative estimate of drug-likeness (QED) is 0.755. The van der Waals surface area contributed by atoms with Crippen LogP contribution in [0.5, 0.6) is 11.5 Å². The lowest BCUT2D eigenvalue weighted by atomic mass is 10.0. The molecule has 0 fully saturated rings. The number of alkyl carbamates (subject to hydrolysis) is 1. The van der Waals surface area contributed by atoms with Gasteiger partial charge in [0.2, 0.25) is 5.91 Å². The molecule has 0 aliphatic heterocycles. The fourth-order valence-electron chi connectivity index (χ4n) is 2.66. The van der Waals surface area contributed by atoms with Gasteiger partial charge < -0.3 is 24.4 Å². The SMILES string of the molecule is COc1ccc(C[C@H](NC(=O)OCc2ccccc2)C(=O)N(C)C)cc1OC. The van der Waals surface area contributed by atoms with Crippen molar-refractivity contribution >= 4 is 12.0 Å². The van der Waals surface area contributed by atoms with Crippen molar-refractivity contribution in [1.29, 1.82) is 0 Å². The molecule has 7 nitrogen and oxygen atoms in total. The zero-order valence-corrected chi connectivity index (χ0v) is 16.6. The Bertz CT molecular complexity index is 793. The third-order valence-electron chi connectivity index (χ3n) is 4.13. The Morgan fingerprint density at radius 3 is 2.25 bits per heavy atom. The van der Waals surface area contributed by atoms with Gasteiger partial charge in [-0.2, -0.15) is 0 Å². The number of ether oxygens (including phenoxy) is 3. The summed E-state index contributed by atoms with van der Waals surface area (Å²) in [5.41, 5.74) is 1.69. The molecule has 0 spiro atoms. The summed E-state index contributed by atoms with van der Waals surface area (Å²) in [5, 5.41) is 2.66. The van der Waals surface area contributed by atoms with Gasteiger partial charge in [-0.05, 0) is 23.3 Å². The lowest BCUT2D eigenvalue weighted by Crippen LogP contribution is -2.47. The Kier molecular flexibility index (Phi) is 7.68. The van der Waals surface area contributed by atoms with Crippen molar-refractivity contribution in [3.63, 3.8) is 0 Å². The summed E-state index contributed by atoms with van der Waals surface area (Å²) in [6, 6.07) is 13.9. The van der Waals surface area contributed by atoms with E-state index in [2.05, 4.69) is 5.32 Å². The first-order valence-electron chi connectivity index (χ1n) is 8.84. The fraction of sp³-hybridized carbons (Fsp3) is 0.333. The van der Waals surface area contributed by atoms with Crippen molar-refractivity contribution in [2.45, 2.75) is 19.1 Å². The van der Waals surface area contributed by atoms with Crippen LogP contribution in [-0.2, 0) is 22.6 Å². The van der Waals surface area contributed by atoms with Gasteiger partial charge in [-0.15, -0.1) is 0 Å². The Morgan fingerprint density at radius 2 is 1.64 bits per heavy atom. The molecule has 1 atom stereocenters. The van der Waals surface area contributed by atoms with Crippen LogP contribution in [0.3, 0.4) is 0 Å². The molecule has 2 rings (SSSR count). The van der Waals surface area contributed by atoms with Gasteiger partial charge in [0.05, 0.1) is 14.2 Å². The molecule has 2 aromatic rings. The minimum atomic E-state index is -0.767. The smallest absolute Gasteiger partial charge is 0.408 e.